The molecule has 1 spiro atoms. The highest BCUT2D eigenvalue weighted by Gasteiger charge is 3.17. The Morgan fingerprint density at radius 2 is 2.05 bits per heavy atom. The predicted octanol–water partition coefficient (Wildman–Crippen LogP) is 0.170. The summed E-state index contributed by atoms with van der Waals surface area (Å²) < 4.78 is 6.48. The van der Waals surface area contributed by atoms with Gasteiger partial charge in [-0.3, -0.25) is 14.6 Å². The quantitative estimate of drug-likeness (QED) is 0.225. The number of benzene rings is 1. The first-order valence-electron chi connectivity index (χ1n) is 13.3. The normalized spacial score (nSPS) is 34.7. The summed E-state index contributed by atoms with van der Waals surface area (Å²) in [6.45, 7) is 0.819. The smallest absolute Gasteiger partial charge is 0.408 e. The van der Waals surface area contributed by atoms with Gasteiger partial charge in [0.2, 0.25) is 0 Å². The van der Waals surface area contributed by atoms with E-state index in [0.717, 1.165) is 17.8 Å². The number of oxazole rings is 1. The average molecular weight is 537 g/mol. The van der Waals surface area contributed by atoms with E-state index in [-0.39, 0.29) is 34.7 Å². The first-order chi connectivity index (χ1) is 19.5. The number of amides is 2. The number of rotatable bonds is 7. The first-order valence-corrected chi connectivity index (χ1v) is 13.3. The maximum atomic E-state index is 13.4. The van der Waals surface area contributed by atoms with Crippen LogP contribution < -0.4 is 16.4 Å². The van der Waals surface area contributed by atoms with Gasteiger partial charge in [-0.15, -0.1) is 10.2 Å². The fraction of sp³-hybridized carbons (Fsp3) is 0.385. The molecule has 14 heteroatoms. The minimum Gasteiger partial charge on any atom is -0.408 e. The van der Waals surface area contributed by atoms with E-state index in [1.165, 1.54) is 10.6 Å². The molecule has 7 unspecified atom stereocenters. The highest BCUT2D eigenvalue weighted by atomic mass is 16.4. The monoisotopic (exact) mass is 536 g/mol. The van der Waals surface area contributed by atoms with Crippen LogP contribution >= 0.6 is 0 Å². The van der Waals surface area contributed by atoms with E-state index in [4.69, 9.17) is 4.42 Å². The van der Waals surface area contributed by atoms with Gasteiger partial charge in [0.1, 0.15) is 11.4 Å². The number of aromatic nitrogens is 8. The van der Waals surface area contributed by atoms with Gasteiger partial charge in [-0.25, -0.2) is 14.3 Å². The van der Waals surface area contributed by atoms with Crippen molar-refractivity contribution in [3.05, 3.63) is 69.9 Å². The molecule has 5 aliphatic carbocycles. The second kappa shape index (κ2) is 6.29. The maximum Gasteiger partial charge on any atom is 0.417 e. The second-order valence-electron chi connectivity index (χ2n) is 11.9. The van der Waals surface area contributed by atoms with E-state index in [1.807, 2.05) is 0 Å². The van der Waals surface area contributed by atoms with E-state index in [0.29, 0.717) is 52.4 Å². The molecule has 198 valence electrons. The van der Waals surface area contributed by atoms with Crippen molar-refractivity contribution in [2.24, 2.45) is 34.5 Å². The van der Waals surface area contributed by atoms with Crippen molar-refractivity contribution in [2.75, 3.05) is 6.54 Å². The number of hydrogen-bond acceptors (Lipinski definition) is 9. The molecule has 4 aromatic heterocycles. The Morgan fingerprint density at radius 3 is 2.83 bits per heavy atom. The number of nitrogens with zero attached hydrogens (tertiary/aromatic N) is 6. The molecular weight excluding hydrogens is 516 g/mol. The zero-order valence-corrected chi connectivity index (χ0v) is 20.7. The van der Waals surface area contributed by atoms with Gasteiger partial charge in [-0.05, 0) is 58.6 Å². The molecule has 0 bridgehead atoms. The molecule has 5 aliphatic rings. The zero-order chi connectivity index (χ0) is 26.6. The van der Waals surface area contributed by atoms with Crippen LogP contribution in [0.3, 0.4) is 0 Å². The molecule has 14 nitrogen and oxygen atoms in total. The van der Waals surface area contributed by atoms with Crippen LogP contribution in [0.4, 0.5) is 0 Å². The molecule has 0 aliphatic heterocycles. The van der Waals surface area contributed by atoms with Gasteiger partial charge in [-0.1, -0.05) is 11.3 Å². The molecule has 2 amide bonds. The number of aromatic amines is 2. The van der Waals surface area contributed by atoms with Crippen molar-refractivity contribution < 1.29 is 14.0 Å². The molecule has 4 N–H and O–H groups in total. The lowest BCUT2D eigenvalue weighted by Crippen LogP contribution is -2.82. The summed E-state index contributed by atoms with van der Waals surface area (Å²) >= 11 is 0. The molecule has 1 aromatic carbocycles. The predicted molar refractivity (Wildman–Crippen MR) is 133 cm³/mol. The van der Waals surface area contributed by atoms with Crippen LogP contribution in [-0.4, -0.2) is 58.6 Å². The van der Waals surface area contributed by atoms with Gasteiger partial charge in [0.05, 0.1) is 11.7 Å². The summed E-state index contributed by atoms with van der Waals surface area (Å²) in [7, 11) is 0. The summed E-state index contributed by atoms with van der Waals surface area (Å²) in [5.74, 6) is 2.16. The highest BCUT2D eigenvalue weighted by Crippen LogP contribution is 3.16. The van der Waals surface area contributed by atoms with Crippen molar-refractivity contribution in [2.45, 2.75) is 18.4 Å². The van der Waals surface area contributed by atoms with E-state index in [9.17, 15) is 14.4 Å². The Labute approximate surface area is 222 Å². The summed E-state index contributed by atoms with van der Waals surface area (Å²) in [5, 5.41) is 25.2. The Morgan fingerprint density at radius 1 is 1.12 bits per heavy atom. The van der Waals surface area contributed by atoms with Crippen LogP contribution in [0.1, 0.15) is 38.8 Å². The van der Waals surface area contributed by atoms with Crippen LogP contribution in [0, 0.1) is 34.5 Å². The lowest BCUT2D eigenvalue weighted by atomic mass is 9.22. The van der Waals surface area contributed by atoms with Crippen LogP contribution in [-0.2, 0) is 12.0 Å². The first kappa shape index (κ1) is 21.0. The van der Waals surface area contributed by atoms with Crippen LogP contribution in [0.15, 0.2) is 45.7 Å². The molecule has 5 aromatic rings. The van der Waals surface area contributed by atoms with Crippen LogP contribution in [0.25, 0.3) is 16.7 Å². The highest BCUT2D eigenvalue weighted by molar-refractivity contribution is 5.98. The van der Waals surface area contributed by atoms with Crippen LogP contribution in [0.2, 0.25) is 0 Å². The third kappa shape index (κ3) is 1.99. The number of hydrogen-bond donors (Lipinski definition) is 4. The molecule has 5 saturated carbocycles. The van der Waals surface area contributed by atoms with Crippen molar-refractivity contribution in [1.29, 1.82) is 0 Å². The molecule has 40 heavy (non-hydrogen) atoms. The zero-order valence-electron chi connectivity index (χ0n) is 20.7. The molecule has 4 heterocycles. The van der Waals surface area contributed by atoms with Crippen LogP contribution in [0.5, 0.6) is 0 Å². The largest absolute Gasteiger partial charge is 0.417 e. The number of carbonyl (C=O) groups excluding carboxylic acids is 2. The fourth-order valence-electron chi connectivity index (χ4n) is 9.94. The third-order valence-electron chi connectivity index (χ3n) is 10.9. The van der Waals surface area contributed by atoms with Crippen molar-refractivity contribution in [3.8, 4) is 0 Å². The lowest BCUT2D eigenvalue weighted by molar-refractivity contribution is -0.321. The van der Waals surface area contributed by atoms with E-state index < -0.39 is 11.7 Å². The van der Waals surface area contributed by atoms with E-state index >= 15 is 0 Å². The number of H-pyrrole nitrogens is 2. The molecular formula is C26H20N10O4. The second-order valence-corrected chi connectivity index (χ2v) is 11.9. The molecule has 10 rings (SSSR count). The fourth-order valence-corrected chi connectivity index (χ4v) is 9.94. The Hall–Kier alpha value is -4.88. The van der Waals surface area contributed by atoms with Crippen molar-refractivity contribution >= 4 is 28.6 Å². The molecule has 7 atom stereocenters. The van der Waals surface area contributed by atoms with E-state index in [1.54, 1.807) is 30.5 Å². The molecule has 0 radical (unpaired) electrons. The summed E-state index contributed by atoms with van der Waals surface area (Å²) in [4.78, 5) is 44.9. The standard InChI is InChI=1S/C26H20N10O4/c37-20(27-7-10-1-2-14-11(5-10)31-23(39)40-14)12-6-13(36-15(30-12)3-4-29-36)21(38)28-9-24-8-25-18(24)17-16(24)19(25)26(17,25)22-32-34-35-33-22/h1-6,16-19H,7-9H2,(H,27,37)(H,28,38)(H,31,39)(H,32,33,34,35). The third-order valence-corrected chi connectivity index (χ3v) is 10.9. The van der Waals surface area contributed by atoms with E-state index in [2.05, 4.69) is 46.3 Å². The van der Waals surface area contributed by atoms with Gasteiger partial charge < -0.3 is 15.1 Å². The average Bonchev–Trinajstić information content (AvgIpc) is 3.71. The topological polar surface area (TPSA) is 189 Å². The Balaban J connectivity index is 0.859. The number of carbonyl (C=O) groups is 2. The van der Waals surface area contributed by atoms with Gasteiger partial charge >= 0.3 is 5.76 Å². The lowest BCUT2D eigenvalue weighted by Gasteiger charge is -2.81. The minimum atomic E-state index is -0.535. The summed E-state index contributed by atoms with van der Waals surface area (Å²) in [6.07, 6.45) is 2.65. The number of tetrazole rings is 1. The Kier molecular flexibility index (Phi) is 3.30. The van der Waals surface area contributed by atoms with Gasteiger partial charge in [0.25, 0.3) is 11.8 Å². The minimum absolute atomic E-state index is 0.118. The number of fused-ring (bicyclic) bond motifs is 4. The molecule has 0 saturated heterocycles. The van der Waals surface area contributed by atoms with Crippen molar-refractivity contribution in [1.82, 2.24) is 50.8 Å². The SMILES string of the molecule is O=C(NCc1ccc2oc(=O)[nH]c2c1)c1cc(C(=O)NCC23CC45C2C2C3C4C25c2nn[nH]n2)n2nccc2n1. The Bertz CT molecular complexity index is 2020. The maximum absolute atomic E-state index is 13.4. The molecule has 5 fully saturated rings. The number of nitrogens with one attached hydrogen (secondary N) is 4. The van der Waals surface area contributed by atoms with Gasteiger partial charge in [0.15, 0.2) is 17.1 Å². The van der Waals surface area contributed by atoms with Crippen molar-refractivity contribution in [3.63, 3.8) is 0 Å². The van der Waals surface area contributed by atoms with Gasteiger partial charge in [0, 0.05) is 30.6 Å². The summed E-state index contributed by atoms with van der Waals surface area (Å²) in [5.41, 5.74) is 3.23. The summed E-state index contributed by atoms with van der Waals surface area (Å²) in [6, 6.07) is 8.30. The van der Waals surface area contributed by atoms with Gasteiger partial charge in [-0.2, -0.15) is 10.3 Å².